The summed E-state index contributed by atoms with van der Waals surface area (Å²) in [6, 6.07) is 25.1. The van der Waals surface area contributed by atoms with Gasteiger partial charge in [0.25, 0.3) is 5.91 Å². The molecule has 0 spiro atoms. The third-order valence-corrected chi connectivity index (χ3v) is 4.06. The summed E-state index contributed by atoms with van der Waals surface area (Å²) in [4.78, 5) is 12.2. The number of amides is 1. The Morgan fingerprint density at radius 2 is 1.48 bits per heavy atom. The summed E-state index contributed by atoms with van der Waals surface area (Å²) >= 11 is 5.34. The SMILES string of the molecule is Cc1cccc(-c2ccccc2)c1NC(=S)NC(=O)c1ccccc1. The van der Waals surface area contributed by atoms with Crippen molar-refractivity contribution in [2.24, 2.45) is 0 Å². The minimum Gasteiger partial charge on any atom is -0.332 e. The van der Waals surface area contributed by atoms with Crippen molar-refractivity contribution in [1.29, 1.82) is 0 Å². The van der Waals surface area contributed by atoms with Gasteiger partial charge in [-0.3, -0.25) is 10.1 Å². The van der Waals surface area contributed by atoms with E-state index >= 15 is 0 Å². The van der Waals surface area contributed by atoms with Gasteiger partial charge in [0, 0.05) is 11.1 Å². The van der Waals surface area contributed by atoms with E-state index in [1.54, 1.807) is 12.1 Å². The van der Waals surface area contributed by atoms with Gasteiger partial charge in [-0.25, -0.2) is 0 Å². The van der Waals surface area contributed by atoms with Gasteiger partial charge in [-0.15, -0.1) is 0 Å². The van der Waals surface area contributed by atoms with E-state index in [1.165, 1.54) is 0 Å². The van der Waals surface area contributed by atoms with Crippen LogP contribution in [0.1, 0.15) is 15.9 Å². The Bertz CT molecular complexity index is 892. The number of rotatable bonds is 3. The molecule has 0 unspecified atom stereocenters. The Labute approximate surface area is 152 Å². The van der Waals surface area contributed by atoms with Crippen LogP contribution in [-0.2, 0) is 0 Å². The molecule has 4 heteroatoms. The summed E-state index contributed by atoms with van der Waals surface area (Å²) in [5.74, 6) is -0.229. The minimum atomic E-state index is -0.229. The molecule has 3 aromatic carbocycles. The maximum Gasteiger partial charge on any atom is 0.257 e. The molecule has 0 aliphatic rings. The molecule has 3 aromatic rings. The van der Waals surface area contributed by atoms with E-state index in [2.05, 4.69) is 10.6 Å². The maximum absolute atomic E-state index is 12.2. The predicted octanol–water partition coefficient (Wildman–Crippen LogP) is 4.79. The van der Waals surface area contributed by atoms with Crippen LogP contribution < -0.4 is 10.6 Å². The number of anilines is 1. The Kier molecular flexibility index (Phi) is 5.21. The zero-order valence-corrected chi connectivity index (χ0v) is 14.6. The van der Waals surface area contributed by atoms with E-state index in [9.17, 15) is 4.79 Å². The van der Waals surface area contributed by atoms with E-state index in [-0.39, 0.29) is 11.0 Å². The number of carbonyl (C=O) groups excluding carboxylic acids is 1. The molecular weight excluding hydrogens is 328 g/mol. The van der Waals surface area contributed by atoms with Crippen LogP contribution in [-0.4, -0.2) is 11.0 Å². The second-order valence-electron chi connectivity index (χ2n) is 5.64. The predicted molar refractivity (Wildman–Crippen MR) is 107 cm³/mol. The van der Waals surface area contributed by atoms with Gasteiger partial charge in [-0.1, -0.05) is 66.7 Å². The quantitative estimate of drug-likeness (QED) is 0.670. The van der Waals surface area contributed by atoms with Crippen molar-refractivity contribution in [3.8, 4) is 11.1 Å². The molecule has 124 valence electrons. The third kappa shape index (κ3) is 4.11. The van der Waals surface area contributed by atoms with Crippen molar-refractivity contribution in [2.45, 2.75) is 6.92 Å². The van der Waals surface area contributed by atoms with Crippen LogP contribution in [0.25, 0.3) is 11.1 Å². The fraction of sp³-hybridized carbons (Fsp3) is 0.0476. The Balaban J connectivity index is 1.81. The fourth-order valence-corrected chi connectivity index (χ4v) is 2.80. The number of nitrogens with one attached hydrogen (secondary N) is 2. The molecule has 0 heterocycles. The lowest BCUT2D eigenvalue weighted by atomic mass is 10.0. The summed E-state index contributed by atoms with van der Waals surface area (Å²) < 4.78 is 0. The normalized spacial score (nSPS) is 10.1. The van der Waals surface area contributed by atoms with Gasteiger partial charge in [-0.05, 0) is 42.4 Å². The van der Waals surface area contributed by atoms with Crippen molar-refractivity contribution in [2.75, 3.05) is 5.32 Å². The van der Waals surface area contributed by atoms with E-state index in [0.29, 0.717) is 5.56 Å². The van der Waals surface area contributed by atoms with Gasteiger partial charge >= 0.3 is 0 Å². The van der Waals surface area contributed by atoms with Crippen LogP contribution in [0.4, 0.5) is 5.69 Å². The molecule has 2 N–H and O–H groups in total. The third-order valence-electron chi connectivity index (χ3n) is 3.86. The second-order valence-corrected chi connectivity index (χ2v) is 6.05. The molecular formula is C21H18N2OS. The number of hydrogen-bond donors (Lipinski definition) is 2. The van der Waals surface area contributed by atoms with Crippen LogP contribution in [0, 0.1) is 6.92 Å². The van der Waals surface area contributed by atoms with Gasteiger partial charge in [0.15, 0.2) is 5.11 Å². The summed E-state index contributed by atoms with van der Waals surface area (Å²) in [6.07, 6.45) is 0. The minimum absolute atomic E-state index is 0.229. The molecule has 0 aliphatic carbocycles. The zero-order chi connectivity index (χ0) is 17.6. The standard InChI is InChI=1S/C21H18N2OS/c1-15-9-8-14-18(16-10-4-2-5-11-16)19(15)22-21(25)23-20(24)17-12-6-3-7-13-17/h2-14H,1H3,(H2,22,23,24,25). The first-order chi connectivity index (χ1) is 12.1. The summed E-state index contributed by atoms with van der Waals surface area (Å²) in [7, 11) is 0. The molecule has 0 atom stereocenters. The highest BCUT2D eigenvalue weighted by atomic mass is 32.1. The molecule has 0 saturated heterocycles. The van der Waals surface area contributed by atoms with E-state index in [0.717, 1.165) is 22.4 Å². The molecule has 0 fully saturated rings. The van der Waals surface area contributed by atoms with E-state index < -0.39 is 0 Å². The van der Waals surface area contributed by atoms with Crippen LogP contribution in [0.3, 0.4) is 0 Å². The molecule has 3 nitrogen and oxygen atoms in total. The second kappa shape index (κ2) is 7.73. The number of thiocarbonyl (C=S) groups is 1. The first kappa shape index (κ1) is 16.9. The summed E-state index contributed by atoms with van der Waals surface area (Å²) in [5, 5.41) is 6.19. The van der Waals surface area contributed by atoms with Gasteiger partial charge < -0.3 is 5.32 Å². The molecule has 0 aliphatic heterocycles. The van der Waals surface area contributed by atoms with E-state index in [1.807, 2.05) is 73.7 Å². The molecule has 0 radical (unpaired) electrons. The number of aryl methyl sites for hydroxylation is 1. The lowest BCUT2D eigenvalue weighted by molar-refractivity contribution is 0.0977. The molecule has 1 amide bonds. The Morgan fingerprint density at radius 1 is 0.840 bits per heavy atom. The van der Waals surface area contributed by atoms with Crippen LogP contribution in [0.15, 0.2) is 78.9 Å². The zero-order valence-electron chi connectivity index (χ0n) is 13.8. The molecule has 0 saturated carbocycles. The number of benzene rings is 3. The molecule has 25 heavy (non-hydrogen) atoms. The Morgan fingerprint density at radius 3 is 2.16 bits per heavy atom. The highest BCUT2D eigenvalue weighted by molar-refractivity contribution is 7.80. The van der Waals surface area contributed by atoms with Gasteiger partial charge in [0.05, 0.1) is 5.69 Å². The highest BCUT2D eigenvalue weighted by Gasteiger charge is 2.11. The van der Waals surface area contributed by atoms with Crippen molar-refractivity contribution >= 4 is 28.9 Å². The summed E-state index contributed by atoms with van der Waals surface area (Å²) in [6.45, 7) is 2.01. The smallest absolute Gasteiger partial charge is 0.257 e. The summed E-state index contributed by atoms with van der Waals surface area (Å²) in [5.41, 5.74) is 4.65. The van der Waals surface area contributed by atoms with Crippen LogP contribution in [0.5, 0.6) is 0 Å². The molecule has 0 aromatic heterocycles. The number of carbonyl (C=O) groups is 1. The fourth-order valence-electron chi connectivity index (χ4n) is 2.60. The van der Waals surface area contributed by atoms with Gasteiger partial charge in [-0.2, -0.15) is 0 Å². The molecule has 3 rings (SSSR count). The monoisotopic (exact) mass is 346 g/mol. The van der Waals surface area contributed by atoms with Crippen LogP contribution >= 0.6 is 12.2 Å². The topological polar surface area (TPSA) is 41.1 Å². The van der Waals surface area contributed by atoms with Gasteiger partial charge in [0.2, 0.25) is 0 Å². The average Bonchev–Trinajstić information content (AvgIpc) is 2.65. The van der Waals surface area contributed by atoms with Crippen molar-refractivity contribution in [3.63, 3.8) is 0 Å². The maximum atomic E-state index is 12.2. The van der Waals surface area contributed by atoms with Crippen molar-refractivity contribution in [1.82, 2.24) is 5.32 Å². The lowest BCUT2D eigenvalue weighted by Crippen LogP contribution is -2.34. The van der Waals surface area contributed by atoms with E-state index in [4.69, 9.17) is 12.2 Å². The molecule has 0 bridgehead atoms. The van der Waals surface area contributed by atoms with Crippen molar-refractivity contribution < 1.29 is 4.79 Å². The number of para-hydroxylation sites is 1. The van der Waals surface area contributed by atoms with Crippen LogP contribution in [0.2, 0.25) is 0 Å². The first-order valence-corrected chi connectivity index (χ1v) is 8.38. The van der Waals surface area contributed by atoms with Gasteiger partial charge in [0.1, 0.15) is 0 Å². The largest absolute Gasteiger partial charge is 0.332 e. The lowest BCUT2D eigenvalue weighted by Gasteiger charge is -2.16. The Hall–Kier alpha value is -2.98. The number of hydrogen-bond acceptors (Lipinski definition) is 2. The first-order valence-electron chi connectivity index (χ1n) is 7.97. The van der Waals surface area contributed by atoms with Crippen molar-refractivity contribution in [3.05, 3.63) is 90.0 Å². The average molecular weight is 346 g/mol. The highest BCUT2D eigenvalue weighted by Crippen LogP contribution is 2.30.